The zero-order valence-electron chi connectivity index (χ0n) is 17.2. The van der Waals surface area contributed by atoms with E-state index in [9.17, 15) is 31.5 Å². The van der Waals surface area contributed by atoms with Crippen molar-refractivity contribution in [1.82, 2.24) is 4.90 Å². The van der Waals surface area contributed by atoms with E-state index in [2.05, 4.69) is 0 Å². The molecular formula is C20H22F3NO6S. The monoisotopic (exact) mass is 461 g/mol. The summed E-state index contributed by atoms with van der Waals surface area (Å²) >= 11 is 0. The number of rotatable bonds is 6. The van der Waals surface area contributed by atoms with Gasteiger partial charge >= 0.3 is 16.2 Å². The van der Waals surface area contributed by atoms with Gasteiger partial charge in [-0.3, -0.25) is 0 Å². The Labute approximate surface area is 178 Å². The summed E-state index contributed by atoms with van der Waals surface area (Å²) in [6.45, 7) is 5.02. The number of hydrogen-bond acceptors (Lipinski definition) is 6. The Balaban J connectivity index is 2.08. The van der Waals surface area contributed by atoms with E-state index >= 15 is 0 Å². The Morgan fingerprint density at radius 2 is 1.61 bits per heavy atom. The molecule has 0 saturated carbocycles. The molecule has 2 aromatic carbocycles. The minimum Gasteiger partial charge on any atom is -0.444 e. The number of halogens is 3. The van der Waals surface area contributed by atoms with E-state index in [1.807, 2.05) is 0 Å². The van der Waals surface area contributed by atoms with E-state index in [0.717, 1.165) is 0 Å². The Kier molecular flexibility index (Phi) is 7.22. The van der Waals surface area contributed by atoms with Crippen LogP contribution in [0.3, 0.4) is 0 Å². The first kappa shape index (κ1) is 24.5. The maximum absolute atomic E-state index is 13.3. The zero-order valence-corrected chi connectivity index (χ0v) is 18.0. The highest BCUT2D eigenvalue weighted by Crippen LogP contribution is 2.24. The molecule has 31 heavy (non-hydrogen) atoms. The second kappa shape index (κ2) is 9.15. The average Bonchev–Trinajstić information content (AvgIpc) is 2.64. The number of ether oxygens (including phenoxy) is 1. The van der Waals surface area contributed by atoms with Crippen LogP contribution in [-0.4, -0.2) is 43.7 Å². The van der Waals surface area contributed by atoms with Crippen LogP contribution in [0, 0.1) is 17.5 Å². The number of likely N-dealkylation sites (N-methyl/N-ethyl adjacent to an activating group) is 1. The maximum Gasteiger partial charge on any atom is 0.410 e. The number of benzene rings is 2. The van der Waals surface area contributed by atoms with Crippen LogP contribution in [-0.2, 0) is 14.9 Å². The third-order valence-corrected chi connectivity index (χ3v) is 5.09. The molecule has 0 fully saturated rings. The predicted molar refractivity (Wildman–Crippen MR) is 104 cm³/mol. The van der Waals surface area contributed by atoms with Gasteiger partial charge in [-0.25, -0.2) is 18.0 Å². The molecule has 11 heteroatoms. The molecule has 7 nitrogen and oxygen atoms in total. The molecule has 0 aliphatic rings. The lowest BCUT2D eigenvalue weighted by Gasteiger charge is -2.26. The Morgan fingerprint density at radius 1 is 1.10 bits per heavy atom. The molecule has 0 bridgehead atoms. The minimum absolute atomic E-state index is 0.0957. The minimum atomic E-state index is -4.63. The quantitative estimate of drug-likeness (QED) is 0.520. The lowest BCUT2D eigenvalue weighted by Crippen LogP contribution is -2.36. The number of aliphatic hydroxyl groups is 1. The number of amides is 1. The van der Waals surface area contributed by atoms with Gasteiger partial charge in [0, 0.05) is 7.05 Å². The Hall–Kier alpha value is -2.79. The zero-order chi connectivity index (χ0) is 23.6. The van der Waals surface area contributed by atoms with E-state index in [0.29, 0.717) is 17.7 Å². The smallest absolute Gasteiger partial charge is 0.410 e. The van der Waals surface area contributed by atoms with Crippen LogP contribution in [0.4, 0.5) is 18.0 Å². The first-order valence-corrected chi connectivity index (χ1v) is 10.4. The summed E-state index contributed by atoms with van der Waals surface area (Å²) in [5.74, 6) is -5.35. The molecule has 0 heterocycles. The van der Waals surface area contributed by atoms with Gasteiger partial charge in [0.15, 0.2) is 17.5 Å². The first-order valence-electron chi connectivity index (χ1n) is 9.01. The molecule has 0 aromatic heterocycles. The molecule has 1 atom stereocenters. The SMILES string of the molecule is CN(CC(O)c1ccc(OS(=O)(=O)c2cc(F)c(F)c(F)c2)cc1)C(=O)OC(C)(C)C. The van der Waals surface area contributed by atoms with Crippen molar-refractivity contribution in [3.8, 4) is 5.75 Å². The van der Waals surface area contributed by atoms with Crippen molar-refractivity contribution in [2.24, 2.45) is 0 Å². The van der Waals surface area contributed by atoms with Crippen LogP contribution in [0.2, 0.25) is 0 Å². The second-order valence-corrected chi connectivity index (χ2v) is 9.23. The van der Waals surface area contributed by atoms with Gasteiger partial charge in [0.05, 0.1) is 12.6 Å². The second-order valence-electron chi connectivity index (χ2n) is 7.68. The van der Waals surface area contributed by atoms with Crippen molar-refractivity contribution in [3.05, 3.63) is 59.4 Å². The van der Waals surface area contributed by atoms with Crippen LogP contribution in [0.15, 0.2) is 41.3 Å². The van der Waals surface area contributed by atoms with Crippen molar-refractivity contribution in [1.29, 1.82) is 0 Å². The van der Waals surface area contributed by atoms with E-state index in [4.69, 9.17) is 8.92 Å². The predicted octanol–water partition coefficient (Wildman–Crippen LogP) is 3.77. The molecule has 1 unspecified atom stereocenters. The summed E-state index contributed by atoms with van der Waals surface area (Å²) in [5.41, 5.74) is -0.351. The van der Waals surface area contributed by atoms with Gasteiger partial charge in [-0.05, 0) is 50.6 Å². The van der Waals surface area contributed by atoms with Crippen LogP contribution in [0.5, 0.6) is 5.75 Å². The standard InChI is InChI=1S/C20H22F3NO6S/c1-20(2,3)29-19(26)24(4)11-17(25)12-5-7-13(8-6-12)30-31(27,28)14-9-15(21)18(23)16(22)10-14/h5-10,17,25H,11H2,1-4H3. The summed E-state index contributed by atoms with van der Waals surface area (Å²) < 4.78 is 74.0. The van der Waals surface area contributed by atoms with Crippen molar-refractivity contribution in [3.63, 3.8) is 0 Å². The van der Waals surface area contributed by atoms with Crippen molar-refractivity contribution in [2.45, 2.75) is 37.4 Å². The largest absolute Gasteiger partial charge is 0.444 e. The number of hydrogen-bond donors (Lipinski definition) is 1. The molecular weight excluding hydrogens is 439 g/mol. The normalized spacial score (nSPS) is 12.9. The number of aliphatic hydroxyl groups excluding tert-OH is 1. The molecule has 1 amide bonds. The lowest BCUT2D eigenvalue weighted by atomic mass is 10.1. The van der Waals surface area contributed by atoms with Gasteiger partial charge in [0.1, 0.15) is 16.2 Å². The molecule has 1 N–H and O–H groups in total. The molecule has 0 radical (unpaired) electrons. The van der Waals surface area contributed by atoms with Crippen molar-refractivity contribution >= 4 is 16.2 Å². The fourth-order valence-electron chi connectivity index (χ4n) is 2.38. The lowest BCUT2D eigenvalue weighted by molar-refractivity contribution is 0.0205. The van der Waals surface area contributed by atoms with Crippen LogP contribution in [0.25, 0.3) is 0 Å². The summed E-state index contributed by atoms with van der Waals surface area (Å²) in [6, 6.07) is 5.73. The van der Waals surface area contributed by atoms with Crippen LogP contribution in [0.1, 0.15) is 32.4 Å². The molecule has 0 aliphatic carbocycles. The highest BCUT2D eigenvalue weighted by molar-refractivity contribution is 7.87. The average molecular weight is 461 g/mol. The van der Waals surface area contributed by atoms with Gasteiger partial charge in [0.25, 0.3) is 0 Å². The highest BCUT2D eigenvalue weighted by Gasteiger charge is 2.24. The third kappa shape index (κ3) is 6.59. The summed E-state index contributed by atoms with van der Waals surface area (Å²) in [7, 11) is -3.19. The van der Waals surface area contributed by atoms with Gasteiger partial charge < -0.3 is 18.9 Å². The third-order valence-electron chi connectivity index (χ3n) is 3.87. The van der Waals surface area contributed by atoms with E-state index < -0.39 is 50.3 Å². The van der Waals surface area contributed by atoms with Crippen molar-refractivity contribution in [2.75, 3.05) is 13.6 Å². The summed E-state index contributed by atoms with van der Waals surface area (Å²) in [6.07, 6.45) is -1.74. The fourth-order valence-corrected chi connectivity index (χ4v) is 3.33. The summed E-state index contributed by atoms with van der Waals surface area (Å²) in [5, 5.41) is 10.3. The number of nitrogens with zero attached hydrogens (tertiary/aromatic N) is 1. The topological polar surface area (TPSA) is 93.1 Å². The molecule has 0 spiro atoms. The van der Waals surface area contributed by atoms with E-state index in [1.54, 1.807) is 20.8 Å². The van der Waals surface area contributed by atoms with Crippen LogP contribution >= 0.6 is 0 Å². The first-order chi connectivity index (χ1) is 14.2. The van der Waals surface area contributed by atoms with Gasteiger partial charge in [-0.1, -0.05) is 12.1 Å². The molecule has 170 valence electrons. The van der Waals surface area contributed by atoms with E-state index in [-0.39, 0.29) is 12.3 Å². The van der Waals surface area contributed by atoms with Gasteiger partial charge in [0.2, 0.25) is 0 Å². The number of carbonyl (C=O) groups excluding carboxylic acids is 1. The summed E-state index contributed by atoms with van der Waals surface area (Å²) in [4.78, 5) is 12.3. The highest BCUT2D eigenvalue weighted by atomic mass is 32.2. The van der Waals surface area contributed by atoms with E-state index in [1.165, 1.54) is 36.2 Å². The molecule has 0 aliphatic heterocycles. The fraction of sp³-hybridized carbons (Fsp3) is 0.350. The van der Waals surface area contributed by atoms with Crippen LogP contribution < -0.4 is 4.18 Å². The Morgan fingerprint density at radius 3 is 2.10 bits per heavy atom. The maximum atomic E-state index is 13.3. The van der Waals surface area contributed by atoms with Gasteiger partial charge in [-0.15, -0.1) is 0 Å². The number of carbonyl (C=O) groups is 1. The Bertz CT molecular complexity index is 1030. The van der Waals surface area contributed by atoms with Gasteiger partial charge in [-0.2, -0.15) is 8.42 Å². The molecule has 0 saturated heterocycles. The van der Waals surface area contributed by atoms with Crippen molar-refractivity contribution < 1.29 is 40.4 Å². The molecule has 2 aromatic rings. The molecule has 2 rings (SSSR count).